The third-order valence-electron chi connectivity index (χ3n) is 5.07. The van der Waals surface area contributed by atoms with Crippen molar-refractivity contribution >= 4 is 5.91 Å². The van der Waals surface area contributed by atoms with E-state index in [1.165, 1.54) is 30.4 Å². The number of nitrogens with zero attached hydrogens (tertiary/aromatic N) is 1. The molecule has 0 aliphatic heterocycles. The van der Waals surface area contributed by atoms with E-state index in [9.17, 15) is 4.79 Å². The van der Waals surface area contributed by atoms with Crippen LogP contribution in [0.1, 0.15) is 55.6 Å². The summed E-state index contributed by atoms with van der Waals surface area (Å²) in [5, 5.41) is 0. The van der Waals surface area contributed by atoms with Gasteiger partial charge in [-0.1, -0.05) is 24.3 Å². The molecule has 1 atom stereocenters. The Morgan fingerprint density at radius 3 is 2.71 bits per heavy atom. The van der Waals surface area contributed by atoms with Crippen LogP contribution < -0.4 is 5.73 Å². The molecular formula is C18H26N2O. The Bertz CT molecular complexity index is 496. The van der Waals surface area contributed by atoms with Gasteiger partial charge in [0.15, 0.2) is 0 Å². The summed E-state index contributed by atoms with van der Waals surface area (Å²) in [7, 11) is 0. The summed E-state index contributed by atoms with van der Waals surface area (Å²) in [6, 6.07) is 8.96. The van der Waals surface area contributed by atoms with Crippen LogP contribution in [-0.4, -0.2) is 29.9 Å². The van der Waals surface area contributed by atoms with Gasteiger partial charge in [0, 0.05) is 12.6 Å². The minimum absolute atomic E-state index is 0.0772. The molecule has 1 unspecified atom stereocenters. The van der Waals surface area contributed by atoms with Crippen molar-refractivity contribution in [3.05, 3.63) is 35.4 Å². The zero-order valence-corrected chi connectivity index (χ0v) is 12.8. The van der Waals surface area contributed by atoms with E-state index in [0.717, 1.165) is 32.2 Å². The van der Waals surface area contributed by atoms with Crippen LogP contribution in [0.4, 0.5) is 0 Å². The van der Waals surface area contributed by atoms with Crippen LogP contribution in [-0.2, 0) is 11.2 Å². The molecule has 3 heteroatoms. The molecule has 1 fully saturated rings. The van der Waals surface area contributed by atoms with Crippen LogP contribution in [0.5, 0.6) is 0 Å². The first-order valence-electron chi connectivity index (χ1n) is 8.39. The summed E-state index contributed by atoms with van der Waals surface area (Å²) < 4.78 is 0. The van der Waals surface area contributed by atoms with Crippen molar-refractivity contribution in [3.63, 3.8) is 0 Å². The van der Waals surface area contributed by atoms with E-state index in [1.807, 2.05) is 0 Å². The van der Waals surface area contributed by atoms with Crippen LogP contribution in [0.2, 0.25) is 0 Å². The van der Waals surface area contributed by atoms with E-state index >= 15 is 0 Å². The molecule has 1 aromatic carbocycles. The van der Waals surface area contributed by atoms with E-state index in [1.54, 1.807) is 0 Å². The molecule has 0 heterocycles. The molecule has 3 rings (SSSR count). The van der Waals surface area contributed by atoms with Crippen LogP contribution in [0.25, 0.3) is 0 Å². The maximum absolute atomic E-state index is 13.1. The number of benzene rings is 1. The van der Waals surface area contributed by atoms with Gasteiger partial charge in [-0.3, -0.25) is 4.79 Å². The van der Waals surface area contributed by atoms with Crippen molar-refractivity contribution in [1.29, 1.82) is 0 Å². The maximum Gasteiger partial charge on any atom is 0.230 e. The minimum atomic E-state index is 0.0772. The Morgan fingerprint density at radius 2 is 2.00 bits per heavy atom. The second-order valence-electron chi connectivity index (χ2n) is 6.40. The lowest BCUT2D eigenvalue weighted by atomic mass is 9.81. The smallest absolute Gasteiger partial charge is 0.230 e. The van der Waals surface area contributed by atoms with Gasteiger partial charge in [-0.05, 0) is 62.6 Å². The van der Waals surface area contributed by atoms with E-state index < -0.39 is 0 Å². The highest BCUT2D eigenvalue weighted by atomic mass is 16.2. The number of aryl methyl sites for hydroxylation is 1. The number of amides is 1. The molecule has 0 bridgehead atoms. The monoisotopic (exact) mass is 286 g/mol. The number of hydrogen-bond donors (Lipinski definition) is 1. The molecule has 3 nitrogen and oxygen atoms in total. The second kappa shape index (κ2) is 6.61. The first kappa shape index (κ1) is 14.6. The predicted molar refractivity (Wildman–Crippen MR) is 85.1 cm³/mol. The second-order valence-corrected chi connectivity index (χ2v) is 6.40. The topological polar surface area (TPSA) is 46.3 Å². The molecule has 0 aromatic heterocycles. The molecule has 21 heavy (non-hydrogen) atoms. The highest BCUT2D eigenvalue weighted by Crippen LogP contribution is 2.35. The minimum Gasteiger partial charge on any atom is -0.339 e. The average Bonchev–Trinajstić information content (AvgIpc) is 2.48. The average molecular weight is 286 g/mol. The Hall–Kier alpha value is -1.35. The fraction of sp³-hybridized carbons (Fsp3) is 0.611. The van der Waals surface area contributed by atoms with Gasteiger partial charge in [-0.15, -0.1) is 0 Å². The van der Waals surface area contributed by atoms with E-state index in [2.05, 4.69) is 29.2 Å². The zero-order valence-electron chi connectivity index (χ0n) is 12.8. The zero-order chi connectivity index (χ0) is 14.7. The van der Waals surface area contributed by atoms with Gasteiger partial charge in [-0.2, -0.15) is 0 Å². The predicted octanol–water partition coefficient (Wildman–Crippen LogP) is 2.84. The first-order chi connectivity index (χ1) is 10.3. The SMILES string of the molecule is NCCCN(C(=O)C1CCCc2ccccc21)C1CCC1. The van der Waals surface area contributed by atoms with Crippen LogP contribution >= 0.6 is 0 Å². The number of carbonyl (C=O) groups is 1. The van der Waals surface area contributed by atoms with Gasteiger partial charge in [0.1, 0.15) is 0 Å². The molecule has 1 saturated carbocycles. The van der Waals surface area contributed by atoms with Crippen molar-refractivity contribution < 1.29 is 4.79 Å². The van der Waals surface area contributed by atoms with Crippen molar-refractivity contribution in [2.45, 2.75) is 56.9 Å². The normalized spacial score (nSPS) is 21.5. The van der Waals surface area contributed by atoms with Crippen LogP contribution in [0.15, 0.2) is 24.3 Å². The molecular weight excluding hydrogens is 260 g/mol. The summed E-state index contributed by atoms with van der Waals surface area (Å²) in [6.45, 7) is 1.50. The van der Waals surface area contributed by atoms with E-state index in [-0.39, 0.29) is 5.92 Å². The van der Waals surface area contributed by atoms with Gasteiger partial charge >= 0.3 is 0 Å². The summed E-state index contributed by atoms with van der Waals surface area (Å²) >= 11 is 0. The lowest BCUT2D eigenvalue weighted by Crippen LogP contribution is -2.47. The summed E-state index contributed by atoms with van der Waals surface area (Å²) in [4.78, 5) is 15.2. The largest absolute Gasteiger partial charge is 0.339 e. The van der Waals surface area contributed by atoms with Gasteiger partial charge < -0.3 is 10.6 Å². The quantitative estimate of drug-likeness (QED) is 0.904. The number of nitrogens with two attached hydrogens (primary N) is 1. The van der Waals surface area contributed by atoms with E-state index in [4.69, 9.17) is 5.73 Å². The molecule has 2 aliphatic carbocycles. The Morgan fingerprint density at radius 1 is 1.19 bits per heavy atom. The summed E-state index contributed by atoms with van der Waals surface area (Å²) in [5.41, 5.74) is 8.29. The third kappa shape index (κ3) is 2.98. The lowest BCUT2D eigenvalue weighted by molar-refractivity contribution is -0.137. The maximum atomic E-state index is 13.1. The van der Waals surface area contributed by atoms with Gasteiger partial charge in [0.25, 0.3) is 0 Å². The highest BCUT2D eigenvalue weighted by molar-refractivity contribution is 5.84. The lowest BCUT2D eigenvalue weighted by Gasteiger charge is -2.40. The Labute approximate surface area is 127 Å². The molecule has 2 aliphatic rings. The number of carbonyl (C=O) groups excluding carboxylic acids is 1. The fourth-order valence-electron chi connectivity index (χ4n) is 3.64. The number of fused-ring (bicyclic) bond motifs is 1. The molecule has 0 radical (unpaired) electrons. The van der Waals surface area contributed by atoms with Crippen LogP contribution in [0.3, 0.4) is 0 Å². The van der Waals surface area contributed by atoms with Crippen molar-refractivity contribution in [3.8, 4) is 0 Å². The fourth-order valence-corrected chi connectivity index (χ4v) is 3.64. The Balaban J connectivity index is 1.79. The van der Waals surface area contributed by atoms with Crippen molar-refractivity contribution in [1.82, 2.24) is 4.90 Å². The molecule has 2 N–H and O–H groups in total. The molecule has 1 aromatic rings. The molecule has 0 saturated heterocycles. The van der Waals surface area contributed by atoms with Gasteiger partial charge in [0.2, 0.25) is 5.91 Å². The van der Waals surface area contributed by atoms with Crippen LogP contribution in [0, 0.1) is 0 Å². The highest BCUT2D eigenvalue weighted by Gasteiger charge is 2.34. The van der Waals surface area contributed by atoms with Crippen molar-refractivity contribution in [2.75, 3.05) is 13.1 Å². The first-order valence-corrected chi connectivity index (χ1v) is 8.39. The Kier molecular flexibility index (Phi) is 4.59. The number of hydrogen-bond acceptors (Lipinski definition) is 2. The molecule has 0 spiro atoms. The standard InChI is InChI=1S/C18H26N2O/c19-12-5-13-20(15-8-4-9-15)18(21)17-11-3-7-14-6-1-2-10-16(14)17/h1-2,6,10,15,17H,3-5,7-9,11-13,19H2. The third-order valence-corrected chi connectivity index (χ3v) is 5.07. The van der Waals surface area contributed by atoms with E-state index in [0.29, 0.717) is 18.5 Å². The van der Waals surface area contributed by atoms with Gasteiger partial charge in [0.05, 0.1) is 5.92 Å². The molecule has 114 valence electrons. The van der Waals surface area contributed by atoms with Gasteiger partial charge in [-0.25, -0.2) is 0 Å². The van der Waals surface area contributed by atoms with Crippen molar-refractivity contribution in [2.24, 2.45) is 5.73 Å². The molecule has 1 amide bonds. The summed E-state index contributed by atoms with van der Waals surface area (Å²) in [5.74, 6) is 0.425. The number of rotatable bonds is 5. The summed E-state index contributed by atoms with van der Waals surface area (Å²) in [6.07, 6.45) is 7.76.